The predicted molar refractivity (Wildman–Crippen MR) is 89.9 cm³/mol. The minimum absolute atomic E-state index is 0.0172. The molecule has 0 spiro atoms. The lowest BCUT2D eigenvalue weighted by Crippen LogP contribution is -2.51. The molecule has 1 aliphatic carbocycles. The Balaban J connectivity index is 2.33. The first-order chi connectivity index (χ1) is 9.78. The van der Waals surface area contributed by atoms with E-state index in [-0.39, 0.29) is 5.54 Å². The fourth-order valence-electron chi connectivity index (χ4n) is 4.01. The molecule has 1 aromatic heterocycles. The lowest BCUT2D eigenvalue weighted by atomic mass is 9.64. The number of rotatable bonds is 5. The van der Waals surface area contributed by atoms with Crippen LogP contribution >= 0.6 is 11.3 Å². The number of nitrogens with one attached hydrogen (secondary N) is 1. The van der Waals surface area contributed by atoms with Gasteiger partial charge in [0.15, 0.2) is 0 Å². The van der Waals surface area contributed by atoms with Gasteiger partial charge in [0.1, 0.15) is 5.01 Å². The van der Waals surface area contributed by atoms with Gasteiger partial charge in [-0.15, -0.1) is 11.3 Å². The van der Waals surface area contributed by atoms with Crippen LogP contribution < -0.4 is 5.32 Å². The van der Waals surface area contributed by atoms with Gasteiger partial charge in [-0.05, 0) is 44.4 Å². The molecular weight excluding hydrogens is 280 g/mol. The third kappa shape index (κ3) is 3.85. The predicted octanol–water partition coefficient (Wildman–Crippen LogP) is 4.04. The molecule has 3 nitrogen and oxygen atoms in total. The van der Waals surface area contributed by atoms with Crippen molar-refractivity contribution in [1.29, 1.82) is 0 Å². The molecule has 2 unspecified atom stereocenters. The molecule has 1 saturated carbocycles. The summed E-state index contributed by atoms with van der Waals surface area (Å²) >= 11 is 1.87. The molecule has 4 heteroatoms. The average molecular weight is 311 g/mol. The number of ether oxygens (including phenoxy) is 1. The van der Waals surface area contributed by atoms with Gasteiger partial charge < -0.3 is 10.1 Å². The van der Waals surface area contributed by atoms with Gasteiger partial charge >= 0.3 is 0 Å². The second-order valence-electron chi connectivity index (χ2n) is 7.52. The summed E-state index contributed by atoms with van der Waals surface area (Å²) in [6.45, 7) is 13.1. The van der Waals surface area contributed by atoms with Crippen LogP contribution in [-0.4, -0.2) is 25.2 Å². The van der Waals surface area contributed by atoms with Gasteiger partial charge in [0.2, 0.25) is 0 Å². The van der Waals surface area contributed by atoms with Crippen LogP contribution in [0.4, 0.5) is 0 Å². The summed E-state index contributed by atoms with van der Waals surface area (Å²) in [6.07, 6.45) is 3.62. The number of nitrogens with zero attached hydrogens (tertiary/aromatic N) is 1. The maximum absolute atomic E-state index is 5.24. The highest BCUT2D eigenvalue weighted by atomic mass is 32.1. The highest BCUT2D eigenvalue weighted by Gasteiger charge is 2.45. The summed E-state index contributed by atoms with van der Waals surface area (Å²) in [4.78, 5) is 6.24. The SMILES string of the molecule is COCCNC1(c2nc(C)c(C)s2)CC(C)CC(C)(C)C1. The molecule has 1 aromatic rings. The third-order valence-corrected chi connectivity index (χ3v) is 5.86. The summed E-state index contributed by atoms with van der Waals surface area (Å²) in [7, 11) is 1.76. The second-order valence-corrected chi connectivity index (χ2v) is 8.72. The van der Waals surface area contributed by atoms with Crippen molar-refractivity contribution in [2.45, 2.75) is 59.4 Å². The maximum atomic E-state index is 5.24. The van der Waals surface area contributed by atoms with Crippen molar-refractivity contribution < 1.29 is 4.74 Å². The fraction of sp³-hybridized carbons (Fsp3) is 0.824. The molecule has 0 bridgehead atoms. The lowest BCUT2D eigenvalue weighted by molar-refractivity contribution is 0.0718. The smallest absolute Gasteiger partial charge is 0.113 e. The van der Waals surface area contributed by atoms with E-state index < -0.39 is 0 Å². The molecule has 21 heavy (non-hydrogen) atoms. The van der Waals surface area contributed by atoms with E-state index in [4.69, 9.17) is 9.72 Å². The highest BCUT2D eigenvalue weighted by Crippen LogP contribution is 2.49. The van der Waals surface area contributed by atoms with Crippen LogP contribution in [0.3, 0.4) is 0 Å². The standard InChI is InChI=1S/C17H30N2OS/c1-12-9-16(4,5)11-17(10-12,18-7-8-20-6)15-19-13(2)14(3)21-15/h12,18H,7-11H2,1-6H3. The highest BCUT2D eigenvalue weighted by molar-refractivity contribution is 7.11. The molecule has 120 valence electrons. The Hall–Kier alpha value is -0.450. The normalized spacial score (nSPS) is 28.8. The van der Waals surface area contributed by atoms with Crippen LogP contribution in [0.15, 0.2) is 0 Å². The molecule has 1 heterocycles. The fourth-order valence-corrected chi connectivity index (χ4v) is 5.10. The summed E-state index contributed by atoms with van der Waals surface area (Å²) < 4.78 is 5.24. The van der Waals surface area contributed by atoms with Gasteiger partial charge in [-0.2, -0.15) is 0 Å². The molecule has 1 fully saturated rings. The average Bonchev–Trinajstić information content (AvgIpc) is 2.68. The maximum Gasteiger partial charge on any atom is 0.113 e. The molecule has 2 atom stereocenters. The Bertz CT molecular complexity index is 464. The van der Waals surface area contributed by atoms with E-state index in [9.17, 15) is 0 Å². The third-order valence-electron chi connectivity index (χ3n) is 4.59. The van der Waals surface area contributed by atoms with Gasteiger partial charge in [-0.25, -0.2) is 4.98 Å². The summed E-state index contributed by atoms with van der Waals surface area (Å²) in [6, 6.07) is 0. The molecule has 0 saturated heterocycles. The minimum atomic E-state index is 0.0172. The Labute approximate surface area is 133 Å². The number of hydrogen-bond donors (Lipinski definition) is 1. The molecule has 0 aromatic carbocycles. The van der Waals surface area contributed by atoms with Gasteiger partial charge in [0, 0.05) is 18.5 Å². The number of aryl methyl sites for hydroxylation is 2. The number of aromatic nitrogens is 1. The summed E-state index contributed by atoms with van der Waals surface area (Å²) in [5.74, 6) is 0.716. The van der Waals surface area contributed by atoms with Crippen molar-refractivity contribution in [2.24, 2.45) is 11.3 Å². The molecule has 1 N–H and O–H groups in total. The quantitative estimate of drug-likeness (QED) is 0.834. The van der Waals surface area contributed by atoms with Crippen molar-refractivity contribution >= 4 is 11.3 Å². The van der Waals surface area contributed by atoms with E-state index in [1.54, 1.807) is 7.11 Å². The Morgan fingerprint density at radius 3 is 2.57 bits per heavy atom. The van der Waals surface area contributed by atoms with Crippen LogP contribution in [0, 0.1) is 25.2 Å². The monoisotopic (exact) mass is 310 g/mol. The Kier molecular flexibility index (Phi) is 5.11. The van der Waals surface area contributed by atoms with Crippen LogP contribution in [0.25, 0.3) is 0 Å². The van der Waals surface area contributed by atoms with E-state index in [2.05, 4.69) is 39.9 Å². The molecule has 2 rings (SSSR count). The first kappa shape index (κ1) is 16.9. The Morgan fingerprint density at radius 1 is 1.33 bits per heavy atom. The van der Waals surface area contributed by atoms with Crippen LogP contribution in [-0.2, 0) is 10.3 Å². The van der Waals surface area contributed by atoms with Crippen molar-refractivity contribution in [2.75, 3.05) is 20.3 Å². The molecular formula is C17H30N2OS. The lowest BCUT2D eigenvalue weighted by Gasteiger charge is -2.47. The topological polar surface area (TPSA) is 34.1 Å². The van der Waals surface area contributed by atoms with E-state index in [1.165, 1.54) is 28.4 Å². The van der Waals surface area contributed by atoms with Gasteiger partial charge in [0.05, 0.1) is 17.8 Å². The van der Waals surface area contributed by atoms with Gasteiger partial charge in [-0.3, -0.25) is 0 Å². The van der Waals surface area contributed by atoms with Crippen molar-refractivity contribution in [3.05, 3.63) is 15.6 Å². The van der Waals surface area contributed by atoms with Crippen LogP contribution in [0.5, 0.6) is 0 Å². The van der Waals surface area contributed by atoms with Crippen molar-refractivity contribution in [1.82, 2.24) is 10.3 Å². The summed E-state index contributed by atoms with van der Waals surface area (Å²) in [5, 5.41) is 5.07. The summed E-state index contributed by atoms with van der Waals surface area (Å²) in [5.41, 5.74) is 1.55. The largest absolute Gasteiger partial charge is 0.383 e. The zero-order valence-electron chi connectivity index (χ0n) is 14.4. The van der Waals surface area contributed by atoms with Crippen molar-refractivity contribution in [3.63, 3.8) is 0 Å². The molecule has 1 aliphatic rings. The first-order valence-electron chi connectivity index (χ1n) is 7.96. The van der Waals surface area contributed by atoms with Crippen LogP contribution in [0.2, 0.25) is 0 Å². The number of hydrogen-bond acceptors (Lipinski definition) is 4. The number of thiazole rings is 1. The zero-order valence-corrected chi connectivity index (χ0v) is 15.2. The minimum Gasteiger partial charge on any atom is -0.383 e. The van der Waals surface area contributed by atoms with E-state index in [0.717, 1.165) is 19.6 Å². The second kappa shape index (κ2) is 6.35. The molecule has 0 aliphatic heterocycles. The van der Waals surface area contributed by atoms with Crippen molar-refractivity contribution in [3.8, 4) is 0 Å². The van der Waals surface area contributed by atoms with E-state index >= 15 is 0 Å². The number of methoxy groups -OCH3 is 1. The Morgan fingerprint density at radius 2 is 2.05 bits per heavy atom. The van der Waals surface area contributed by atoms with Gasteiger partial charge in [-0.1, -0.05) is 20.8 Å². The van der Waals surface area contributed by atoms with Gasteiger partial charge in [0.25, 0.3) is 0 Å². The molecule has 0 radical (unpaired) electrons. The zero-order chi connectivity index (χ0) is 15.7. The molecule has 0 amide bonds. The van der Waals surface area contributed by atoms with Crippen LogP contribution in [0.1, 0.15) is 55.6 Å². The van der Waals surface area contributed by atoms with E-state index in [1.807, 2.05) is 11.3 Å². The first-order valence-corrected chi connectivity index (χ1v) is 8.78. The van der Waals surface area contributed by atoms with E-state index in [0.29, 0.717) is 11.3 Å².